The van der Waals surface area contributed by atoms with E-state index in [1.807, 2.05) is 18.2 Å². The summed E-state index contributed by atoms with van der Waals surface area (Å²) in [5.74, 6) is 6.73. The molecule has 2 N–H and O–H groups in total. The Hall–Kier alpha value is -1.54. The molecule has 1 aliphatic heterocycles. The summed E-state index contributed by atoms with van der Waals surface area (Å²) in [6, 6.07) is 6.00. The van der Waals surface area contributed by atoms with Gasteiger partial charge in [0, 0.05) is 19.5 Å². The van der Waals surface area contributed by atoms with Crippen LogP contribution in [0.5, 0.6) is 5.75 Å². The van der Waals surface area contributed by atoms with Crippen molar-refractivity contribution in [2.75, 3.05) is 26.8 Å². The molecule has 1 fully saturated rings. The molecule has 21 heavy (non-hydrogen) atoms. The molecule has 4 heteroatoms. The van der Waals surface area contributed by atoms with Gasteiger partial charge >= 0.3 is 0 Å². The maximum absolute atomic E-state index is 9.73. The zero-order valence-electron chi connectivity index (χ0n) is 12.5. The number of benzene rings is 1. The molecular formula is C17H23NO3. The molecule has 0 amide bonds. The molecule has 0 spiro atoms. The van der Waals surface area contributed by atoms with Crippen LogP contribution in [-0.2, 0) is 6.54 Å². The lowest BCUT2D eigenvalue weighted by atomic mass is 10.1. The SMILES string of the molecule is COc1ccc(CN2CCCC(O)C2)cc1C#CCCO. The molecule has 1 heterocycles. The summed E-state index contributed by atoms with van der Waals surface area (Å²) in [7, 11) is 1.63. The van der Waals surface area contributed by atoms with Crippen LogP contribution in [0, 0.1) is 11.8 Å². The summed E-state index contributed by atoms with van der Waals surface area (Å²) >= 11 is 0. The Balaban J connectivity index is 2.10. The van der Waals surface area contributed by atoms with E-state index in [1.165, 1.54) is 0 Å². The van der Waals surface area contributed by atoms with E-state index >= 15 is 0 Å². The van der Waals surface area contributed by atoms with Gasteiger partial charge in [-0.2, -0.15) is 0 Å². The number of nitrogens with zero attached hydrogens (tertiary/aromatic N) is 1. The summed E-state index contributed by atoms with van der Waals surface area (Å²) in [6.07, 6.45) is 2.20. The van der Waals surface area contributed by atoms with Gasteiger partial charge in [-0.05, 0) is 37.1 Å². The number of hydrogen-bond donors (Lipinski definition) is 2. The van der Waals surface area contributed by atoms with Crippen molar-refractivity contribution < 1.29 is 14.9 Å². The number of ether oxygens (including phenoxy) is 1. The molecule has 1 aromatic carbocycles. The van der Waals surface area contributed by atoms with Crippen LogP contribution < -0.4 is 4.74 Å². The first-order chi connectivity index (χ1) is 10.2. The smallest absolute Gasteiger partial charge is 0.134 e. The number of methoxy groups -OCH3 is 1. The highest BCUT2D eigenvalue weighted by atomic mass is 16.5. The molecule has 0 saturated carbocycles. The van der Waals surface area contributed by atoms with Crippen molar-refractivity contribution in [3.8, 4) is 17.6 Å². The van der Waals surface area contributed by atoms with Gasteiger partial charge in [0.1, 0.15) is 5.75 Å². The second-order valence-corrected chi connectivity index (χ2v) is 5.34. The molecule has 1 aliphatic rings. The Kier molecular flexibility index (Phi) is 6.06. The average Bonchev–Trinajstić information content (AvgIpc) is 2.48. The van der Waals surface area contributed by atoms with Crippen LogP contribution in [0.1, 0.15) is 30.4 Å². The molecule has 1 atom stereocenters. The van der Waals surface area contributed by atoms with Gasteiger partial charge in [0.05, 0.1) is 25.4 Å². The molecule has 1 aromatic rings. The first kappa shape index (κ1) is 15.8. The lowest BCUT2D eigenvalue weighted by molar-refractivity contribution is 0.0668. The molecule has 1 unspecified atom stereocenters. The minimum Gasteiger partial charge on any atom is -0.495 e. The van der Waals surface area contributed by atoms with Crippen molar-refractivity contribution in [3.05, 3.63) is 29.3 Å². The fourth-order valence-electron chi connectivity index (χ4n) is 2.60. The Morgan fingerprint density at radius 2 is 2.29 bits per heavy atom. The van der Waals surface area contributed by atoms with E-state index in [-0.39, 0.29) is 12.7 Å². The lowest BCUT2D eigenvalue weighted by Crippen LogP contribution is -2.37. The lowest BCUT2D eigenvalue weighted by Gasteiger charge is -2.30. The third kappa shape index (κ3) is 4.75. The fraction of sp³-hybridized carbons (Fsp3) is 0.529. The van der Waals surface area contributed by atoms with Crippen molar-refractivity contribution in [3.63, 3.8) is 0 Å². The summed E-state index contributed by atoms with van der Waals surface area (Å²) in [5.41, 5.74) is 2.01. The van der Waals surface area contributed by atoms with Crippen LogP contribution in [0.4, 0.5) is 0 Å². The quantitative estimate of drug-likeness (QED) is 0.822. The average molecular weight is 289 g/mol. The highest BCUT2D eigenvalue weighted by Crippen LogP contribution is 2.21. The predicted molar refractivity (Wildman–Crippen MR) is 82.1 cm³/mol. The normalized spacial score (nSPS) is 18.9. The van der Waals surface area contributed by atoms with Crippen molar-refractivity contribution in [2.45, 2.75) is 31.9 Å². The summed E-state index contributed by atoms with van der Waals surface area (Å²) < 4.78 is 5.32. The van der Waals surface area contributed by atoms with E-state index < -0.39 is 0 Å². The number of likely N-dealkylation sites (tertiary alicyclic amines) is 1. The topological polar surface area (TPSA) is 52.9 Å². The fourth-order valence-corrected chi connectivity index (χ4v) is 2.60. The number of hydrogen-bond acceptors (Lipinski definition) is 4. The standard InChI is InChI=1S/C17H23NO3/c1-21-17-8-7-14(11-15(17)5-2-3-10-19)12-18-9-4-6-16(20)13-18/h7-8,11,16,19-20H,3-4,6,9-10,12-13H2,1H3. The zero-order valence-corrected chi connectivity index (χ0v) is 12.5. The van der Waals surface area contributed by atoms with Crippen LogP contribution in [0.2, 0.25) is 0 Å². The molecule has 2 rings (SSSR count). The largest absolute Gasteiger partial charge is 0.495 e. The van der Waals surface area contributed by atoms with Gasteiger partial charge < -0.3 is 14.9 Å². The maximum atomic E-state index is 9.73. The van der Waals surface area contributed by atoms with Crippen molar-refractivity contribution in [1.29, 1.82) is 0 Å². The van der Waals surface area contributed by atoms with E-state index in [1.54, 1.807) is 7.11 Å². The van der Waals surface area contributed by atoms with Gasteiger partial charge in [0.15, 0.2) is 0 Å². The monoisotopic (exact) mass is 289 g/mol. The van der Waals surface area contributed by atoms with Crippen LogP contribution in [0.3, 0.4) is 0 Å². The summed E-state index contributed by atoms with van der Waals surface area (Å²) in [4.78, 5) is 2.26. The predicted octanol–water partition coefficient (Wildman–Crippen LogP) is 1.39. The third-order valence-electron chi connectivity index (χ3n) is 3.61. The van der Waals surface area contributed by atoms with Gasteiger partial charge in [-0.1, -0.05) is 17.9 Å². The maximum Gasteiger partial charge on any atom is 0.134 e. The van der Waals surface area contributed by atoms with Gasteiger partial charge in [0.2, 0.25) is 0 Å². The molecule has 114 valence electrons. The Morgan fingerprint density at radius 1 is 1.43 bits per heavy atom. The molecule has 0 radical (unpaired) electrons. The molecule has 0 aliphatic carbocycles. The Labute approximate surface area is 126 Å². The Bertz CT molecular complexity index is 519. The van der Waals surface area contributed by atoms with Crippen molar-refractivity contribution >= 4 is 0 Å². The third-order valence-corrected chi connectivity index (χ3v) is 3.61. The molecule has 1 saturated heterocycles. The Morgan fingerprint density at radius 3 is 3.00 bits per heavy atom. The second kappa shape index (κ2) is 8.04. The van der Waals surface area contributed by atoms with E-state index in [4.69, 9.17) is 9.84 Å². The molecule has 0 aromatic heterocycles. The van der Waals surface area contributed by atoms with Crippen LogP contribution >= 0.6 is 0 Å². The van der Waals surface area contributed by atoms with Gasteiger partial charge in [-0.3, -0.25) is 4.90 Å². The van der Waals surface area contributed by atoms with E-state index in [0.29, 0.717) is 6.42 Å². The summed E-state index contributed by atoms with van der Waals surface area (Å²) in [5, 5.41) is 18.5. The van der Waals surface area contributed by atoms with Crippen LogP contribution in [0.15, 0.2) is 18.2 Å². The number of β-amino-alcohol motifs (C(OH)–C–C–N with tert-alkyl or cyclic N) is 1. The second-order valence-electron chi connectivity index (χ2n) is 5.34. The van der Waals surface area contributed by atoms with Gasteiger partial charge in [0.25, 0.3) is 0 Å². The van der Waals surface area contributed by atoms with E-state index in [9.17, 15) is 5.11 Å². The minimum absolute atomic E-state index is 0.0701. The zero-order chi connectivity index (χ0) is 15.1. The number of aliphatic hydroxyl groups excluding tert-OH is 2. The molecular weight excluding hydrogens is 266 g/mol. The first-order valence-corrected chi connectivity index (χ1v) is 7.40. The van der Waals surface area contributed by atoms with Crippen LogP contribution in [-0.4, -0.2) is 48.0 Å². The highest BCUT2D eigenvalue weighted by Gasteiger charge is 2.17. The van der Waals surface area contributed by atoms with E-state index in [0.717, 1.165) is 49.4 Å². The molecule has 4 nitrogen and oxygen atoms in total. The molecule has 0 bridgehead atoms. The van der Waals surface area contributed by atoms with Gasteiger partial charge in [-0.25, -0.2) is 0 Å². The first-order valence-electron chi connectivity index (χ1n) is 7.40. The van der Waals surface area contributed by atoms with Gasteiger partial charge in [-0.15, -0.1) is 0 Å². The van der Waals surface area contributed by atoms with E-state index in [2.05, 4.69) is 16.7 Å². The highest BCUT2D eigenvalue weighted by molar-refractivity contribution is 5.48. The number of rotatable bonds is 4. The minimum atomic E-state index is -0.208. The summed E-state index contributed by atoms with van der Waals surface area (Å²) in [6.45, 7) is 2.64. The van der Waals surface area contributed by atoms with Crippen LogP contribution in [0.25, 0.3) is 0 Å². The van der Waals surface area contributed by atoms with Crippen molar-refractivity contribution in [1.82, 2.24) is 4.90 Å². The number of aliphatic hydroxyl groups is 2. The van der Waals surface area contributed by atoms with Crippen molar-refractivity contribution in [2.24, 2.45) is 0 Å². The number of piperidine rings is 1.